The second-order valence-electron chi connectivity index (χ2n) is 6.40. The quantitative estimate of drug-likeness (QED) is 0.160. The van der Waals surface area contributed by atoms with Gasteiger partial charge in [-0.15, -0.1) is 0 Å². The summed E-state index contributed by atoms with van der Waals surface area (Å²) in [7, 11) is -3.51. The van der Waals surface area contributed by atoms with Crippen LogP contribution >= 0.6 is 7.82 Å². The maximum atomic E-state index is 11.7. The summed E-state index contributed by atoms with van der Waals surface area (Å²) in [5.74, 6) is 4.94. The molecule has 0 heterocycles. The second-order valence-corrected chi connectivity index (χ2v) is 8.02. The largest absolute Gasteiger partial charge is 0.491 e. The fourth-order valence-electron chi connectivity index (χ4n) is 2.73. The van der Waals surface area contributed by atoms with Gasteiger partial charge in [-0.2, -0.15) is 0 Å². The Morgan fingerprint density at radius 1 is 0.667 bits per heavy atom. The van der Waals surface area contributed by atoms with Gasteiger partial charge in [0.1, 0.15) is 0 Å². The van der Waals surface area contributed by atoms with Crippen molar-refractivity contribution in [3.05, 3.63) is 0 Å². The lowest BCUT2D eigenvalue weighted by Gasteiger charge is -2.13. The third-order valence-electron chi connectivity index (χ3n) is 4.16. The van der Waals surface area contributed by atoms with Gasteiger partial charge in [-0.3, -0.25) is 9.05 Å². The molecule has 0 aliphatic carbocycles. The lowest BCUT2D eigenvalue weighted by atomic mass is 10.0. The average Bonchev–Trinajstić information content (AvgIpc) is 2.58. The van der Waals surface area contributed by atoms with Gasteiger partial charge >= 0.3 is 7.82 Å². The first kappa shape index (κ1) is 24.1. The Morgan fingerprint density at radius 3 is 1.46 bits per heavy atom. The third kappa shape index (κ3) is 15.6. The van der Waals surface area contributed by atoms with E-state index in [0.717, 1.165) is 12.8 Å². The highest BCUT2D eigenvalue weighted by atomic mass is 31.2. The molecule has 0 aromatic carbocycles. The molecule has 0 bridgehead atoms. The van der Waals surface area contributed by atoms with Gasteiger partial charge in [-0.25, -0.2) is 15.1 Å². The molecule has 0 spiro atoms. The molecule has 6 heteroatoms. The SMILES string of the molecule is CCCCCCCCCCCCCCCCOP(=O)(ON)OCC. The zero-order chi connectivity index (χ0) is 17.9. The van der Waals surface area contributed by atoms with E-state index in [1.165, 1.54) is 77.0 Å². The lowest BCUT2D eigenvalue weighted by molar-refractivity contribution is 0.116. The molecule has 24 heavy (non-hydrogen) atoms. The van der Waals surface area contributed by atoms with Gasteiger partial charge in [0.2, 0.25) is 0 Å². The molecule has 0 rings (SSSR count). The monoisotopic (exact) mass is 365 g/mol. The molecule has 0 aliphatic rings. The van der Waals surface area contributed by atoms with Gasteiger partial charge < -0.3 is 0 Å². The zero-order valence-corrected chi connectivity index (χ0v) is 16.9. The van der Waals surface area contributed by atoms with Crippen LogP contribution in [-0.2, 0) is 18.2 Å². The highest BCUT2D eigenvalue weighted by Crippen LogP contribution is 2.47. The smallest absolute Gasteiger partial charge is 0.286 e. The fourth-order valence-corrected chi connectivity index (χ4v) is 3.59. The predicted octanol–water partition coefficient (Wildman–Crippen LogP) is 6.52. The zero-order valence-electron chi connectivity index (χ0n) is 16.0. The van der Waals surface area contributed by atoms with Crippen LogP contribution in [0.2, 0.25) is 0 Å². The maximum absolute atomic E-state index is 11.7. The number of hydrogen-bond donors (Lipinski definition) is 1. The minimum absolute atomic E-state index is 0.257. The number of rotatable bonds is 19. The van der Waals surface area contributed by atoms with Crippen LogP contribution in [0.5, 0.6) is 0 Å². The van der Waals surface area contributed by atoms with Gasteiger partial charge in [0.05, 0.1) is 13.2 Å². The van der Waals surface area contributed by atoms with Crippen LogP contribution < -0.4 is 5.90 Å². The van der Waals surface area contributed by atoms with E-state index in [0.29, 0.717) is 6.61 Å². The van der Waals surface area contributed by atoms with Crippen molar-refractivity contribution in [2.24, 2.45) is 5.90 Å². The molecule has 0 fully saturated rings. The molecule has 0 saturated heterocycles. The first-order valence-electron chi connectivity index (χ1n) is 9.96. The molecule has 0 aromatic rings. The van der Waals surface area contributed by atoms with Crippen molar-refractivity contribution in [2.75, 3.05) is 13.2 Å². The van der Waals surface area contributed by atoms with E-state index in [4.69, 9.17) is 14.9 Å². The van der Waals surface area contributed by atoms with Gasteiger partial charge in [0, 0.05) is 0 Å². The lowest BCUT2D eigenvalue weighted by Crippen LogP contribution is -2.05. The molecule has 0 radical (unpaired) electrons. The molecule has 2 N–H and O–H groups in total. The van der Waals surface area contributed by atoms with E-state index >= 15 is 0 Å². The molecule has 0 saturated carbocycles. The maximum Gasteiger partial charge on any atom is 0.491 e. The topological polar surface area (TPSA) is 70.8 Å². The summed E-state index contributed by atoms with van der Waals surface area (Å²) in [5.41, 5.74) is 0. The van der Waals surface area contributed by atoms with Crippen molar-refractivity contribution in [1.82, 2.24) is 0 Å². The van der Waals surface area contributed by atoms with Crippen molar-refractivity contribution in [3.8, 4) is 0 Å². The van der Waals surface area contributed by atoms with Crippen LogP contribution in [-0.4, -0.2) is 13.2 Å². The third-order valence-corrected chi connectivity index (χ3v) is 5.50. The second kappa shape index (κ2) is 17.9. The predicted molar refractivity (Wildman–Crippen MR) is 101 cm³/mol. The molecule has 0 amide bonds. The molecular weight excluding hydrogens is 325 g/mol. The molecule has 0 aromatic heterocycles. The molecule has 146 valence electrons. The van der Waals surface area contributed by atoms with Gasteiger partial charge in [-0.1, -0.05) is 90.4 Å². The van der Waals surface area contributed by atoms with E-state index < -0.39 is 7.82 Å². The van der Waals surface area contributed by atoms with Crippen LogP contribution in [0.4, 0.5) is 0 Å². The van der Waals surface area contributed by atoms with Crippen LogP contribution in [0, 0.1) is 0 Å². The van der Waals surface area contributed by atoms with Crippen LogP contribution in [0.3, 0.4) is 0 Å². The summed E-state index contributed by atoms with van der Waals surface area (Å²) in [5, 5.41) is 0. The number of phosphoric ester groups is 1. The Hall–Kier alpha value is 0.0700. The molecule has 5 nitrogen and oxygen atoms in total. The van der Waals surface area contributed by atoms with E-state index in [1.54, 1.807) is 6.92 Å². The Labute approximate surface area is 149 Å². The van der Waals surface area contributed by atoms with Gasteiger partial charge in [-0.05, 0) is 13.3 Å². The van der Waals surface area contributed by atoms with Crippen LogP contribution in [0.15, 0.2) is 0 Å². The summed E-state index contributed by atoms with van der Waals surface area (Å²) in [6.45, 7) is 4.61. The van der Waals surface area contributed by atoms with Crippen molar-refractivity contribution < 1.29 is 18.2 Å². The number of hydrogen-bond acceptors (Lipinski definition) is 5. The Kier molecular flexibility index (Phi) is 17.9. The van der Waals surface area contributed by atoms with Crippen molar-refractivity contribution in [1.29, 1.82) is 0 Å². The summed E-state index contributed by atoms with van der Waals surface area (Å²) >= 11 is 0. The highest BCUT2D eigenvalue weighted by Gasteiger charge is 2.24. The fraction of sp³-hybridized carbons (Fsp3) is 1.00. The molecule has 1 unspecified atom stereocenters. The highest BCUT2D eigenvalue weighted by molar-refractivity contribution is 7.48. The Balaban J connectivity index is 3.21. The average molecular weight is 365 g/mol. The minimum atomic E-state index is -3.51. The summed E-state index contributed by atoms with van der Waals surface area (Å²) < 4.78 is 26.0. The van der Waals surface area contributed by atoms with E-state index in [-0.39, 0.29) is 6.61 Å². The number of phosphoric acid groups is 1. The minimum Gasteiger partial charge on any atom is -0.286 e. The standard InChI is InChI=1S/C18H40NO4P/c1-3-5-6-7-8-9-10-11-12-13-14-15-16-17-18-22-24(20,23-19)21-4-2/h3-19H2,1-2H3. The Bertz CT molecular complexity index is 303. The van der Waals surface area contributed by atoms with E-state index in [1.807, 2.05) is 0 Å². The Morgan fingerprint density at radius 2 is 1.08 bits per heavy atom. The van der Waals surface area contributed by atoms with Gasteiger partial charge in [0.25, 0.3) is 0 Å². The van der Waals surface area contributed by atoms with E-state index in [9.17, 15) is 4.57 Å². The number of nitrogens with two attached hydrogens (primary N) is 1. The van der Waals surface area contributed by atoms with Crippen molar-refractivity contribution in [3.63, 3.8) is 0 Å². The van der Waals surface area contributed by atoms with Gasteiger partial charge in [0.15, 0.2) is 0 Å². The summed E-state index contributed by atoms with van der Waals surface area (Å²) in [4.78, 5) is 0. The summed E-state index contributed by atoms with van der Waals surface area (Å²) in [6.07, 6.45) is 18.2. The van der Waals surface area contributed by atoms with Crippen molar-refractivity contribution >= 4 is 7.82 Å². The van der Waals surface area contributed by atoms with E-state index in [2.05, 4.69) is 11.5 Å². The van der Waals surface area contributed by atoms with Crippen LogP contribution in [0.25, 0.3) is 0 Å². The summed E-state index contributed by atoms with van der Waals surface area (Å²) in [6, 6.07) is 0. The number of unbranched alkanes of at least 4 members (excludes halogenated alkanes) is 13. The first-order valence-corrected chi connectivity index (χ1v) is 11.4. The molecular formula is C18H40NO4P. The van der Waals surface area contributed by atoms with Crippen LogP contribution in [0.1, 0.15) is 104 Å². The van der Waals surface area contributed by atoms with Crippen molar-refractivity contribution in [2.45, 2.75) is 104 Å². The first-order chi connectivity index (χ1) is 11.7. The molecule has 1 atom stereocenters. The molecule has 0 aliphatic heterocycles. The normalized spacial score (nSPS) is 14.0.